The molecule has 0 fully saturated rings. The van der Waals surface area contributed by atoms with Crippen molar-refractivity contribution in [1.29, 1.82) is 0 Å². The monoisotopic (exact) mass is 363 g/mol. The minimum absolute atomic E-state index is 0.331. The van der Waals surface area contributed by atoms with Crippen LogP contribution in [0.3, 0.4) is 0 Å². The van der Waals surface area contributed by atoms with Crippen LogP contribution in [-0.4, -0.2) is 5.91 Å². The number of nitrogens with one attached hydrogen (secondary N) is 1. The number of hydrogen-bond donors (Lipinski definition) is 1. The zero-order chi connectivity index (χ0) is 17.3. The van der Waals surface area contributed by atoms with Crippen molar-refractivity contribution in [2.75, 3.05) is 5.32 Å². The maximum Gasteiger partial charge on any atom is 0.259 e. The fourth-order valence-corrected chi connectivity index (χ4v) is 2.53. The Morgan fingerprint density at radius 2 is 1.75 bits per heavy atom. The summed E-state index contributed by atoms with van der Waals surface area (Å²) in [6.45, 7) is 1.69. The first-order chi connectivity index (χ1) is 11.4. The van der Waals surface area contributed by atoms with Crippen LogP contribution in [0.5, 0.6) is 0 Å². The molecule has 0 saturated heterocycles. The van der Waals surface area contributed by atoms with Crippen LogP contribution in [0.4, 0.5) is 10.1 Å². The highest BCUT2D eigenvalue weighted by atomic mass is 35.5. The number of aryl methyl sites for hydroxylation is 1. The average Bonchev–Trinajstić information content (AvgIpc) is 2.93. The van der Waals surface area contributed by atoms with Gasteiger partial charge >= 0.3 is 0 Å². The van der Waals surface area contributed by atoms with E-state index in [9.17, 15) is 9.18 Å². The number of halogens is 3. The van der Waals surface area contributed by atoms with Crippen LogP contribution >= 0.6 is 23.2 Å². The minimum atomic E-state index is -0.334. The first-order valence-corrected chi connectivity index (χ1v) is 7.82. The molecule has 6 heteroatoms. The topological polar surface area (TPSA) is 42.2 Å². The van der Waals surface area contributed by atoms with Crippen molar-refractivity contribution < 1.29 is 13.6 Å². The summed E-state index contributed by atoms with van der Waals surface area (Å²) in [5, 5.41) is 3.50. The van der Waals surface area contributed by atoms with E-state index >= 15 is 0 Å². The molecule has 0 spiro atoms. The molecule has 0 atom stereocenters. The molecule has 0 aliphatic heterocycles. The SMILES string of the molecule is Cc1oc(-c2ccc(F)cc2)cc1C(=O)Nc1ccc(Cl)c(Cl)c1. The average molecular weight is 364 g/mol. The molecule has 0 bridgehead atoms. The third-order valence-corrected chi connectivity index (χ3v) is 4.21. The number of benzene rings is 2. The van der Waals surface area contributed by atoms with E-state index in [1.165, 1.54) is 12.1 Å². The minimum Gasteiger partial charge on any atom is -0.461 e. The number of hydrogen-bond acceptors (Lipinski definition) is 2. The highest BCUT2D eigenvalue weighted by Crippen LogP contribution is 2.28. The Morgan fingerprint density at radius 1 is 1.04 bits per heavy atom. The molecule has 122 valence electrons. The third kappa shape index (κ3) is 3.45. The lowest BCUT2D eigenvalue weighted by Gasteiger charge is -2.05. The highest BCUT2D eigenvalue weighted by molar-refractivity contribution is 6.42. The molecular weight excluding hydrogens is 352 g/mol. The summed E-state index contributed by atoms with van der Waals surface area (Å²) >= 11 is 11.8. The van der Waals surface area contributed by atoms with Gasteiger partial charge in [-0.1, -0.05) is 23.2 Å². The van der Waals surface area contributed by atoms with Crippen molar-refractivity contribution in [2.45, 2.75) is 6.92 Å². The third-order valence-electron chi connectivity index (χ3n) is 3.47. The lowest BCUT2D eigenvalue weighted by atomic mass is 10.1. The van der Waals surface area contributed by atoms with Gasteiger partial charge in [0.1, 0.15) is 17.3 Å². The van der Waals surface area contributed by atoms with Crippen molar-refractivity contribution in [3.8, 4) is 11.3 Å². The smallest absolute Gasteiger partial charge is 0.259 e. The number of furan rings is 1. The van der Waals surface area contributed by atoms with Gasteiger partial charge in [0.25, 0.3) is 5.91 Å². The van der Waals surface area contributed by atoms with Gasteiger partial charge in [0.2, 0.25) is 0 Å². The molecule has 1 amide bonds. The second kappa shape index (κ2) is 6.67. The Kier molecular flexibility index (Phi) is 4.60. The van der Waals surface area contributed by atoms with Gasteiger partial charge in [0, 0.05) is 11.3 Å². The molecule has 1 N–H and O–H groups in total. The van der Waals surface area contributed by atoms with Crippen LogP contribution in [0.1, 0.15) is 16.1 Å². The van der Waals surface area contributed by atoms with E-state index in [0.29, 0.717) is 38.4 Å². The molecule has 3 aromatic rings. The summed E-state index contributed by atoms with van der Waals surface area (Å²) in [5.41, 5.74) is 1.60. The molecule has 0 saturated carbocycles. The number of carbonyl (C=O) groups is 1. The summed E-state index contributed by atoms with van der Waals surface area (Å²) in [6.07, 6.45) is 0. The van der Waals surface area contributed by atoms with E-state index in [1.807, 2.05) is 0 Å². The van der Waals surface area contributed by atoms with Crippen LogP contribution in [0.15, 0.2) is 52.9 Å². The number of rotatable bonds is 3. The molecule has 0 aliphatic rings. The number of carbonyl (C=O) groups excluding carboxylic acids is 1. The Balaban J connectivity index is 1.85. The second-order valence-electron chi connectivity index (χ2n) is 5.17. The molecule has 3 rings (SSSR count). The van der Waals surface area contributed by atoms with Crippen molar-refractivity contribution in [3.63, 3.8) is 0 Å². The quantitative estimate of drug-likeness (QED) is 0.624. The van der Waals surface area contributed by atoms with E-state index in [0.717, 1.165) is 0 Å². The molecule has 24 heavy (non-hydrogen) atoms. The largest absolute Gasteiger partial charge is 0.461 e. The zero-order valence-corrected chi connectivity index (χ0v) is 14.1. The first kappa shape index (κ1) is 16.6. The Morgan fingerprint density at radius 3 is 2.42 bits per heavy atom. The van der Waals surface area contributed by atoms with Gasteiger partial charge in [-0.25, -0.2) is 4.39 Å². The Bertz CT molecular complexity index is 904. The van der Waals surface area contributed by atoms with Gasteiger partial charge < -0.3 is 9.73 Å². The summed E-state index contributed by atoms with van der Waals surface area (Å²) < 4.78 is 18.6. The van der Waals surface area contributed by atoms with Crippen LogP contribution in [0.25, 0.3) is 11.3 Å². The van der Waals surface area contributed by atoms with Gasteiger partial charge in [-0.2, -0.15) is 0 Å². The van der Waals surface area contributed by atoms with E-state index in [1.54, 1.807) is 43.3 Å². The van der Waals surface area contributed by atoms with Crippen LogP contribution in [0, 0.1) is 12.7 Å². The van der Waals surface area contributed by atoms with Crippen molar-refractivity contribution in [1.82, 2.24) is 0 Å². The standard InChI is InChI=1S/C18H12Cl2FNO2/c1-10-14(9-17(24-10)11-2-4-12(21)5-3-11)18(23)22-13-6-7-15(19)16(20)8-13/h2-9H,1H3,(H,22,23). The summed E-state index contributed by atoms with van der Waals surface area (Å²) in [4.78, 5) is 12.4. The van der Waals surface area contributed by atoms with Crippen LogP contribution < -0.4 is 5.32 Å². The molecular formula is C18H12Cl2FNO2. The first-order valence-electron chi connectivity index (χ1n) is 7.07. The lowest BCUT2D eigenvalue weighted by molar-refractivity contribution is 0.102. The molecule has 0 radical (unpaired) electrons. The van der Waals surface area contributed by atoms with Gasteiger partial charge in [0.15, 0.2) is 0 Å². The van der Waals surface area contributed by atoms with Gasteiger partial charge in [-0.15, -0.1) is 0 Å². The van der Waals surface area contributed by atoms with Gasteiger partial charge in [-0.05, 0) is 55.5 Å². The predicted octanol–water partition coefficient (Wildman–Crippen LogP) is 5.95. The number of amides is 1. The second-order valence-corrected chi connectivity index (χ2v) is 5.98. The molecule has 1 aromatic heterocycles. The van der Waals surface area contributed by atoms with Crippen LogP contribution in [0.2, 0.25) is 10.0 Å². The van der Waals surface area contributed by atoms with Gasteiger partial charge in [-0.3, -0.25) is 4.79 Å². The highest BCUT2D eigenvalue weighted by Gasteiger charge is 2.16. The van der Waals surface area contributed by atoms with Crippen molar-refractivity contribution in [3.05, 3.63) is 75.7 Å². The van der Waals surface area contributed by atoms with E-state index < -0.39 is 0 Å². The summed E-state index contributed by atoms with van der Waals surface area (Å²) in [6, 6.07) is 12.3. The normalized spacial score (nSPS) is 10.7. The summed E-state index contributed by atoms with van der Waals surface area (Å²) in [5.74, 6) is 0.293. The van der Waals surface area contributed by atoms with E-state index in [4.69, 9.17) is 27.6 Å². The molecule has 3 nitrogen and oxygen atoms in total. The molecule has 1 heterocycles. The van der Waals surface area contributed by atoms with Crippen LogP contribution in [-0.2, 0) is 0 Å². The fourth-order valence-electron chi connectivity index (χ4n) is 2.24. The molecule has 2 aromatic carbocycles. The zero-order valence-electron chi connectivity index (χ0n) is 12.6. The maximum atomic E-state index is 13.0. The Labute approximate surface area is 148 Å². The van der Waals surface area contributed by atoms with Crippen molar-refractivity contribution >= 4 is 34.8 Å². The Hall–Kier alpha value is -2.30. The van der Waals surface area contributed by atoms with E-state index in [2.05, 4.69) is 5.32 Å². The fraction of sp³-hybridized carbons (Fsp3) is 0.0556. The van der Waals surface area contributed by atoms with Crippen molar-refractivity contribution in [2.24, 2.45) is 0 Å². The predicted molar refractivity (Wildman–Crippen MR) is 93.3 cm³/mol. The van der Waals surface area contributed by atoms with Gasteiger partial charge in [0.05, 0.1) is 15.6 Å². The lowest BCUT2D eigenvalue weighted by Crippen LogP contribution is -2.12. The summed E-state index contributed by atoms with van der Waals surface area (Å²) in [7, 11) is 0. The molecule has 0 aliphatic carbocycles. The molecule has 0 unspecified atom stereocenters. The van der Waals surface area contributed by atoms with E-state index in [-0.39, 0.29) is 11.7 Å². The number of anilines is 1. The maximum absolute atomic E-state index is 13.0.